The van der Waals surface area contributed by atoms with Gasteiger partial charge in [0.1, 0.15) is 0 Å². The second-order valence-corrected chi connectivity index (χ2v) is 3.61. The zero-order valence-corrected chi connectivity index (χ0v) is 9.86. The van der Waals surface area contributed by atoms with E-state index in [-0.39, 0.29) is 5.91 Å². The molecular weight excluding hydrogens is 202 g/mol. The van der Waals surface area contributed by atoms with Crippen LogP contribution in [0.4, 0.5) is 5.69 Å². The van der Waals surface area contributed by atoms with E-state index in [1.807, 2.05) is 11.8 Å². The Morgan fingerprint density at radius 2 is 1.94 bits per heavy atom. The first-order valence-corrected chi connectivity index (χ1v) is 5.58. The highest BCUT2D eigenvalue weighted by atomic mass is 16.2. The van der Waals surface area contributed by atoms with E-state index in [9.17, 15) is 4.79 Å². The monoisotopic (exact) mass is 221 g/mol. The molecule has 0 radical (unpaired) electrons. The van der Waals surface area contributed by atoms with E-state index in [1.54, 1.807) is 24.3 Å². The van der Waals surface area contributed by atoms with Gasteiger partial charge >= 0.3 is 0 Å². The molecule has 1 aromatic rings. The number of hydrazine groups is 1. The largest absolute Gasteiger partial charge is 0.339 e. The van der Waals surface area contributed by atoms with Gasteiger partial charge in [0.05, 0.1) is 0 Å². The molecule has 0 bridgehead atoms. The van der Waals surface area contributed by atoms with Crippen molar-refractivity contribution in [3.63, 3.8) is 0 Å². The van der Waals surface area contributed by atoms with E-state index in [2.05, 4.69) is 12.3 Å². The predicted molar refractivity (Wildman–Crippen MR) is 66.1 cm³/mol. The Balaban J connectivity index is 2.78. The number of benzene rings is 1. The van der Waals surface area contributed by atoms with Gasteiger partial charge in [-0.25, -0.2) is 0 Å². The number of nitrogens with one attached hydrogen (secondary N) is 1. The molecule has 4 heteroatoms. The summed E-state index contributed by atoms with van der Waals surface area (Å²) in [6.07, 6.45) is 0.974. The normalized spacial score (nSPS) is 9.94. The molecule has 0 spiro atoms. The molecule has 4 nitrogen and oxygen atoms in total. The molecule has 0 aliphatic rings. The van der Waals surface area contributed by atoms with Gasteiger partial charge in [-0.1, -0.05) is 6.92 Å². The summed E-state index contributed by atoms with van der Waals surface area (Å²) in [6, 6.07) is 7.17. The number of anilines is 1. The summed E-state index contributed by atoms with van der Waals surface area (Å²) < 4.78 is 0. The molecule has 0 saturated carbocycles. The molecule has 0 atom stereocenters. The Morgan fingerprint density at radius 1 is 1.31 bits per heavy atom. The predicted octanol–water partition coefficient (Wildman–Crippen LogP) is 1.84. The first-order chi connectivity index (χ1) is 7.72. The molecule has 1 aromatic carbocycles. The number of nitrogen functional groups attached to an aromatic ring is 1. The van der Waals surface area contributed by atoms with Crippen LogP contribution in [0.25, 0.3) is 0 Å². The quantitative estimate of drug-likeness (QED) is 0.589. The van der Waals surface area contributed by atoms with Crippen molar-refractivity contribution in [3.05, 3.63) is 29.8 Å². The minimum absolute atomic E-state index is 0.0768. The van der Waals surface area contributed by atoms with Gasteiger partial charge in [-0.15, -0.1) is 0 Å². The lowest BCUT2D eigenvalue weighted by Gasteiger charge is -2.20. The first kappa shape index (κ1) is 12.5. The van der Waals surface area contributed by atoms with Crippen LogP contribution in [0.2, 0.25) is 0 Å². The summed E-state index contributed by atoms with van der Waals surface area (Å²) in [6.45, 7) is 5.59. The zero-order chi connectivity index (χ0) is 12.0. The fourth-order valence-corrected chi connectivity index (χ4v) is 1.56. The van der Waals surface area contributed by atoms with Crippen molar-refractivity contribution in [2.24, 2.45) is 5.84 Å². The van der Waals surface area contributed by atoms with Crippen LogP contribution in [-0.2, 0) is 0 Å². The molecule has 88 valence electrons. The first-order valence-electron chi connectivity index (χ1n) is 5.58. The molecule has 0 aromatic heterocycles. The van der Waals surface area contributed by atoms with Crippen molar-refractivity contribution < 1.29 is 4.79 Å². The van der Waals surface area contributed by atoms with Gasteiger partial charge in [-0.05, 0) is 37.6 Å². The minimum Gasteiger partial charge on any atom is -0.339 e. The number of amides is 1. The summed E-state index contributed by atoms with van der Waals surface area (Å²) in [7, 11) is 0. The Hall–Kier alpha value is -1.55. The molecule has 0 aliphatic heterocycles. The van der Waals surface area contributed by atoms with Crippen LogP contribution in [-0.4, -0.2) is 23.9 Å². The SMILES string of the molecule is CCCN(CC)C(=O)c1ccc(NN)cc1. The average Bonchev–Trinajstić information content (AvgIpc) is 2.35. The second kappa shape index (κ2) is 6.12. The number of carbonyl (C=O) groups excluding carboxylic acids is 1. The fourth-order valence-electron chi connectivity index (χ4n) is 1.56. The smallest absolute Gasteiger partial charge is 0.253 e. The number of hydrogen-bond acceptors (Lipinski definition) is 3. The van der Waals surface area contributed by atoms with Gasteiger partial charge in [0, 0.05) is 24.3 Å². The van der Waals surface area contributed by atoms with Crippen LogP contribution >= 0.6 is 0 Å². The highest BCUT2D eigenvalue weighted by Crippen LogP contribution is 2.10. The molecule has 1 amide bonds. The standard InChI is InChI=1S/C12H19N3O/c1-3-9-15(4-2)12(16)10-5-7-11(14-13)8-6-10/h5-8,14H,3-4,9,13H2,1-2H3. The lowest BCUT2D eigenvalue weighted by atomic mass is 10.2. The van der Waals surface area contributed by atoms with Gasteiger partial charge < -0.3 is 10.3 Å². The van der Waals surface area contributed by atoms with Crippen molar-refractivity contribution in [2.75, 3.05) is 18.5 Å². The van der Waals surface area contributed by atoms with Gasteiger partial charge in [0.15, 0.2) is 0 Å². The summed E-state index contributed by atoms with van der Waals surface area (Å²) >= 11 is 0. The maximum absolute atomic E-state index is 12.0. The number of nitrogens with two attached hydrogens (primary N) is 1. The molecular formula is C12H19N3O. The summed E-state index contributed by atoms with van der Waals surface area (Å²) in [5, 5.41) is 0. The van der Waals surface area contributed by atoms with E-state index >= 15 is 0 Å². The molecule has 16 heavy (non-hydrogen) atoms. The Morgan fingerprint density at radius 3 is 2.38 bits per heavy atom. The number of carbonyl (C=O) groups is 1. The Labute approximate surface area is 96.4 Å². The van der Waals surface area contributed by atoms with Crippen molar-refractivity contribution in [2.45, 2.75) is 20.3 Å². The number of nitrogens with zero attached hydrogens (tertiary/aromatic N) is 1. The molecule has 0 heterocycles. The van der Waals surface area contributed by atoms with Crippen molar-refractivity contribution >= 4 is 11.6 Å². The van der Waals surface area contributed by atoms with Crippen LogP contribution in [0.3, 0.4) is 0 Å². The molecule has 0 aliphatic carbocycles. The van der Waals surface area contributed by atoms with Crippen LogP contribution in [0.15, 0.2) is 24.3 Å². The highest BCUT2D eigenvalue weighted by Gasteiger charge is 2.12. The molecule has 0 unspecified atom stereocenters. The Bertz CT molecular complexity index is 335. The maximum Gasteiger partial charge on any atom is 0.253 e. The van der Waals surface area contributed by atoms with E-state index in [1.165, 1.54) is 0 Å². The van der Waals surface area contributed by atoms with Gasteiger partial charge in [-0.3, -0.25) is 10.6 Å². The highest BCUT2D eigenvalue weighted by molar-refractivity contribution is 5.94. The lowest BCUT2D eigenvalue weighted by Crippen LogP contribution is -2.31. The molecule has 0 saturated heterocycles. The van der Waals surface area contributed by atoms with E-state index in [0.717, 1.165) is 25.2 Å². The second-order valence-electron chi connectivity index (χ2n) is 3.61. The average molecular weight is 221 g/mol. The third kappa shape index (κ3) is 2.97. The van der Waals surface area contributed by atoms with E-state index in [0.29, 0.717) is 5.56 Å². The topological polar surface area (TPSA) is 58.4 Å². The van der Waals surface area contributed by atoms with Crippen LogP contribution in [0.5, 0.6) is 0 Å². The summed E-state index contributed by atoms with van der Waals surface area (Å²) in [5.74, 6) is 5.34. The zero-order valence-electron chi connectivity index (χ0n) is 9.86. The van der Waals surface area contributed by atoms with Crippen molar-refractivity contribution in [3.8, 4) is 0 Å². The number of hydrogen-bond donors (Lipinski definition) is 2. The van der Waals surface area contributed by atoms with Gasteiger partial charge in [-0.2, -0.15) is 0 Å². The minimum atomic E-state index is 0.0768. The summed E-state index contributed by atoms with van der Waals surface area (Å²) in [4.78, 5) is 13.9. The molecule has 3 N–H and O–H groups in total. The third-order valence-electron chi connectivity index (χ3n) is 2.46. The van der Waals surface area contributed by atoms with Crippen LogP contribution in [0, 0.1) is 0 Å². The molecule has 0 fully saturated rings. The third-order valence-corrected chi connectivity index (χ3v) is 2.46. The van der Waals surface area contributed by atoms with Crippen LogP contribution < -0.4 is 11.3 Å². The number of rotatable bonds is 5. The van der Waals surface area contributed by atoms with Crippen LogP contribution in [0.1, 0.15) is 30.6 Å². The van der Waals surface area contributed by atoms with E-state index < -0.39 is 0 Å². The lowest BCUT2D eigenvalue weighted by molar-refractivity contribution is 0.0764. The Kier molecular flexibility index (Phi) is 4.79. The molecule has 1 rings (SSSR count). The van der Waals surface area contributed by atoms with Gasteiger partial charge in [0.2, 0.25) is 0 Å². The van der Waals surface area contributed by atoms with Crippen molar-refractivity contribution in [1.29, 1.82) is 0 Å². The summed E-state index contributed by atoms with van der Waals surface area (Å²) in [5.41, 5.74) is 4.04. The van der Waals surface area contributed by atoms with Crippen molar-refractivity contribution in [1.82, 2.24) is 4.90 Å². The van der Waals surface area contributed by atoms with Gasteiger partial charge in [0.25, 0.3) is 5.91 Å². The fraction of sp³-hybridized carbons (Fsp3) is 0.417. The van der Waals surface area contributed by atoms with E-state index in [4.69, 9.17) is 5.84 Å². The maximum atomic E-state index is 12.0.